The van der Waals surface area contributed by atoms with Gasteiger partial charge in [0.1, 0.15) is 0 Å². The monoisotopic (exact) mass is 344 g/mol. The Morgan fingerprint density at radius 3 is 2.50 bits per heavy atom. The first-order valence-corrected chi connectivity index (χ1v) is 6.64. The summed E-state index contributed by atoms with van der Waals surface area (Å²) in [7, 11) is 0. The van der Waals surface area contributed by atoms with Gasteiger partial charge in [0.15, 0.2) is 0 Å². The third-order valence-electron chi connectivity index (χ3n) is 3.36. The molecule has 0 aliphatic rings. The molecule has 0 aromatic heterocycles. The number of hydrogen-bond acceptors (Lipinski definition) is 2. The molecule has 3 heteroatoms. The number of esters is 1. The first kappa shape index (κ1) is 17.3. The summed E-state index contributed by atoms with van der Waals surface area (Å²) in [5.41, 5.74) is 2.21. The maximum Gasteiger partial charge on any atom is 0.313 e. The number of ether oxygens (including phenoxy) is 1. The number of carbonyl (C=O) groups excluding carboxylic acids is 1. The van der Waals surface area contributed by atoms with Gasteiger partial charge in [-0.15, -0.1) is 0 Å². The van der Waals surface area contributed by atoms with Crippen LogP contribution in [0.15, 0.2) is 36.4 Å². The molecule has 0 saturated carbocycles. The molecular formula is C17H19O2Y-. The number of benzene rings is 2. The van der Waals surface area contributed by atoms with Crippen molar-refractivity contribution in [1.29, 1.82) is 0 Å². The number of rotatable bonds is 4. The van der Waals surface area contributed by atoms with Gasteiger partial charge in [0.05, 0.1) is 12.5 Å². The zero-order valence-corrected chi connectivity index (χ0v) is 14.9. The zero-order valence-electron chi connectivity index (χ0n) is 12.1. The first-order chi connectivity index (χ1) is 9.15. The van der Waals surface area contributed by atoms with E-state index in [1.165, 1.54) is 10.9 Å². The van der Waals surface area contributed by atoms with Crippen LogP contribution in [0.3, 0.4) is 0 Å². The fourth-order valence-electron chi connectivity index (χ4n) is 2.14. The molecule has 2 aromatic carbocycles. The van der Waals surface area contributed by atoms with Crippen molar-refractivity contribution in [2.75, 3.05) is 6.61 Å². The Kier molecular flexibility index (Phi) is 6.84. The van der Waals surface area contributed by atoms with Crippen LogP contribution in [0.2, 0.25) is 0 Å². The van der Waals surface area contributed by atoms with Crippen LogP contribution in [0.25, 0.3) is 10.8 Å². The summed E-state index contributed by atoms with van der Waals surface area (Å²) in [5, 5.41) is 2.33. The van der Waals surface area contributed by atoms with E-state index >= 15 is 0 Å². The molecule has 0 aliphatic carbocycles. The van der Waals surface area contributed by atoms with E-state index < -0.39 is 0 Å². The second-order valence-corrected chi connectivity index (χ2v) is 4.66. The molecule has 1 radical (unpaired) electrons. The molecule has 0 aliphatic heterocycles. The summed E-state index contributed by atoms with van der Waals surface area (Å²) < 4.78 is 5.06. The average Bonchev–Trinajstić information content (AvgIpc) is 2.45. The van der Waals surface area contributed by atoms with E-state index in [9.17, 15) is 4.79 Å². The van der Waals surface area contributed by atoms with Crippen molar-refractivity contribution < 1.29 is 42.2 Å². The summed E-state index contributed by atoms with van der Waals surface area (Å²) in [5.74, 6) is -0.395. The Bertz CT molecular complexity index is 593. The van der Waals surface area contributed by atoms with Crippen LogP contribution in [0.5, 0.6) is 0 Å². The minimum atomic E-state index is -0.225. The quantitative estimate of drug-likeness (QED) is 0.622. The molecule has 2 aromatic rings. The molecule has 0 saturated heterocycles. The van der Waals surface area contributed by atoms with Gasteiger partial charge >= 0.3 is 5.97 Å². The Hall–Kier alpha value is -0.726. The minimum absolute atomic E-state index is 0. The first-order valence-electron chi connectivity index (χ1n) is 6.64. The van der Waals surface area contributed by atoms with Gasteiger partial charge in [-0.1, -0.05) is 42.0 Å². The summed E-state index contributed by atoms with van der Waals surface area (Å²) in [6.45, 7) is 8.01. The van der Waals surface area contributed by atoms with Gasteiger partial charge in [0.2, 0.25) is 0 Å². The maximum atomic E-state index is 11.7. The Balaban J connectivity index is 0.00000200. The molecule has 0 fully saturated rings. The van der Waals surface area contributed by atoms with Crippen LogP contribution in [-0.4, -0.2) is 12.6 Å². The normalized spacial score (nSPS) is 11.8. The van der Waals surface area contributed by atoms with E-state index in [1.807, 2.05) is 19.9 Å². The molecule has 1 atom stereocenters. The van der Waals surface area contributed by atoms with Crippen LogP contribution in [0.4, 0.5) is 0 Å². The van der Waals surface area contributed by atoms with E-state index in [0.717, 1.165) is 17.4 Å². The van der Waals surface area contributed by atoms with Crippen LogP contribution in [0, 0.1) is 6.92 Å². The summed E-state index contributed by atoms with van der Waals surface area (Å²) in [6.07, 6.45) is 0.789. The van der Waals surface area contributed by atoms with Crippen LogP contribution >= 0.6 is 0 Å². The van der Waals surface area contributed by atoms with E-state index in [2.05, 4.69) is 37.3 Å². The smallest absolute Gasteiger partial charge is 0.313 e. The molecule has 2 nitrogen and oxygen atoms in total. The topological polar surface area (TPSA) is 26.3 Å². The second-order valence-electron chi connectivity index (χ2n) is 4.66. The molecule has 2 rings (SSSR count). The van der Waals surface area contributed by atoms with Crippen molar-refractivity contribution in [2.45, 2.75) is 26.2 Å². The van der Waals surface area contributed by atoms with Crippen LogP contribution < -0.4 is 0 Å². The SMILES string of the molecule is [CH2-]Cc1ccc2cc(C(C)C(=O)OCC)ccc2c1.[Y]. The molecule has 0 heterocycles. The van der Waals surface area contributed by atoms with Gasteiger partial charge in [0, 0.05) is 32.7 Å². The van der Waals surface area contributed by atoms with E-state index in [1.54, 1.807) is 0 Å². The molecule has 0 N–H and O–H groups in total. The van der Waals surface area contributed by atoms with Gasteiger partial charge in [0.25, 0.3) is 0 Å². The van der Waals surface area contributed by atoms with Crippen molar-refractivity contribution in [3.8, 4) is 0 Å². The molecule has 20 heavy (non-hydrogen) atoms. The molecule has 1 unspecified atom stereocenters. The fraction of sp³-hybridized carbons (Fsp3) is 0.294. The van der Waals surface area contributed by atoms with Crippen molar-refractivity contribution in [1.82, 2.24) is 0 Å². The van der Waals surface area contributed by atoms with Crippen molar-refractivity contribution >= 4 is 16.7 Å². The number of carbonyl (C=O) groups is 1. The van der Waals surface area contributed by atoms with Gasteiger partial charge < -0.3 is 11.7 Å². The Morgan fingerprint density at radius 1 is 1.20 bits per heavy atom. The largest absolute Gasteiger partial charge is 0.466 e. The third-order valence-corrected chi connectivity index (χ3v) is 3.36. The standard InChI is InChI=1S/C17H19O2.Y/c1-4-13-6-7-16-11-14(8-9-15(16)10-13)12(3)17(18)19-5-2;/h6-12H,1,4-5H2,2-3H3;/q-1;. The number of fused-ring (bicyclic) bond motifs is 1. The summed E-state index contributed by atoms with van der Waals surface area (Å²) in [4.78, 5) is 11.7. The van der Waals surface area contributed by atoms with E-state index in [4.69, 9.17) is 4.74 Å². The molecule has 0 bridgehead atoms. The predicted molar refractivity (Wildman–Crippen MR) is 78.1 cm³/mol. The minimum Gasteiger partial charge on any atom is -0.466 e. The zero-order chi connectivity index (χ0) is 13.8. The Morgan fingerprint density at radius 2 is 1.85 bits per heavy atom. The maximum absolute atomic E-state index is 11.7. The predicted octanol–water partition coefficient (Wildman–Crippen LogP) is 3.88. The van der Waals surface area contributed by atoms with Crippen LogP contribution in [0.1, 0.15) is 30.9 Å². The van der Waals surface area contributed by atoms with Crippen molar-refractivity contribution in [3.05, 3.63) is 54.4 Å². The molecule has 103 valence electrons. The summed E-state index contributed by atoms with van der Waals surface area (Å²) >= 11 is 0. The van der Waals surface area contributed by atoms with E-state index in [-0.39, 0.29) is 44.6 Å². The Labute approximate surface area is 145 Å². The third kappa shape index (κ3) is 3.89. The van der Waals surface area contributed by atoms with Crippen molar-refractivity contribution in [2.24, 2.45) is 0 Å². The van der Waals surface area contributed by atoms with Gasteiger partial charge in [-0.25, -0.2) is 0 Å². The molecule has 0 amide bonds. The van der Waals surface area contributed by atoms with E-state index in [0.29, 0.717) is 6.61 Å². The van der Waals surface area contributed by atoms with Gasteiger partial charge in [-0.3, -0.25) is 4.79 Å². The average molecular weight is 344 g/mol. The summed E-state index contributed by atoms with van der Waals surface area (Å²) in [6, 6.07) is 12.4. The van der Waals surface area contributed by atoms with Crippen LogP contribution in [-0.2, 0) is 48.7 Å². The van der Waals surface area contributed by atoms with Gasteiger partial charge in [-0.2, -0.15) is 6.42 Å². The molecular weight excluding hydrogens is 325 g/mol. The van der Waals surface area contributed by atoms with Crippen molar-refractivity contribution in [3.63, 3.8) is 0 Å². The molecule has 0 spiro atoms. The number of hydrogen-bond donors (Lipinski definition) is 0. The second kappa shape index (κ2) is 7.90. The van der Waals surface area contributed by atoms with Gasteiger partial charge in [-0.05, 0) is 30.2 Å². The fourth-order valence-corrected chi connectivity index (χ4v) is 2.14.